The first-order valence-electron chi connectivity index (χ1n) is 11.7. The molecule has 4 aromatic rings. The van der Waals surface area contributed by atoms with Gasteiger partial charge in [0.05, 0.1) is 29.2 Å². The number of carbonyl (C=O) groups is 1. The Morgan fingerprint density at radius 2 is 1.92 bits per heavy atom. The molecule has 190 valence electrons. The number of ketones is 1. The van der Waals surface area contributed by atoms with Crippen LogP contribution in [0.15, 0.2) is 59.5 Å². The molecule has 0 spiro atoms. The molecular formula is C25H23FN6O3S2. The highest BCUT2D eigenvalue weighted by molar-refractivity contribution is 7.89. The molecule has 2 aliphatic rings. The summed E-state index contributed by atoms with van der Waals surface area (Å²) in [5.41, 5.74) is 2.05. The zero-order valence-corrected chi connectivity index (χ0v) is 21.8. The molecule has 9 nitrogen and oxygen atoms in total. The van der Waals surface area contributed by atoms with Crippen molar-refractivity contribution < 1.29 is 17.6 Å². The highest BCUT2D eigenvalue weighted by atomic mass is 32.2. The first kappa shape index (κ1) is 23.9. The van der Waals surface area contributed by atoms with E-state index < -0.39 is 15.4 Å². The molecule has 0 amide bonds. The zero-order valence-electron chi connectivity index (χ0n) is 20.1. The molecule has 1 aliphatic carbocycles. The van der Waals surface area contributed by atoms with Gasteiger partial charge in [0, 0.05) is 31.2 Å². The lowest BCUT2D eigenvalue weighted by molar-refractivity contribution is 0.0775. The molecule has 0 radical (unpaired) electrons. The van der Waals surface area contributed by atoms with Gasteiger partial charge in [-0.3, -0.25) is 9.48 Å². The Labute approximate surface area is 216 Å². The summed E-state index contributed by atoms with van der Waals surface area (Å²) in [5, 5.41) is 8.98. The second kappa shape index (κ2) is 8.54. The number of rotatable bonds is 5. The van der Waals surface area contributed by atoms with E-state index in [0.717, 1.165) is 21.7 Å². The molecule has 1 fully saturated rings. The number of carbonyl (C=O) groups excluding carboxylic acids is 1. The minimum absolute atomic E-state index is 0.00895. The molecule has 1 aromatic carbocycles. The van der Waals surface area contributed by atoms with Crippen molar-refractivity contribution in [1.29, 1.82) is 0 Å². The lowest BCUT2D eigenvalue weighted by atomic mass is 9.66. The lowest BCUT2D eigenvalue weighted by Gasteiger charge is -2.44. The van der Waals surface area contributed by atoms with E-state index >= 15 is 0 Å². The van der Waals surface area contributed by atoms with Crippen LogP contribution in [0.3, 0.4) is 0 Å². The fourth-order valence-electron chi connectivity index (χ4n) is 5.22. The third-order valence-corrected chi connectivity index (χ3v) is 9.91. The maximum atomic E-state index is 14.1. The number of hydrogen-bond donors (Lipinski definition) is 0. The molecule has 6 rings (SSSR count). The fraction of sp³-hybridized carbons (Fsp3) is 0.280. The summed E-state index contributed by atoms with van der Waals surface area (Å²) < 4.78 is 45.1. The summed E-state index contributed by atoms with van der Waals surface area (Å²) in [4.78, 5) is 19.4. The van der Waals surface area contributed by atoms with Gasteiger partial charge in [-0.1, -0.05) is 5.57 Å². The minimum Gasteiger partial charge on any atom is -0.290 e. The second-order valence-corrected chi connectivity index (χ2v) is 12.5. The van der Waals surface area contributed by atoms with Crippen molar-refractivity contribution in [2.75, 3.05) is 13.1 Å². The summed E-state index contributed by atoms with van der Waals surface area (Å²) in [5.74, 6) is -0.532. The third kappa shape index (κ3) is 3.78. The van der Waals surface area contributed by atoms with Crippen molar-refractivity contribution in [2.45, 2.75) is 24.8 Å². The van der Waals surface area contributed by atoms with Crippen molar-refractivity contribution in [1.82, 2.24) is 28.9 Å². The van der Waals surface area contributed by atoms with Gasteiger partial charge in [-0.05, 0) is 61.7 Å². The summed E-state index contributed by atoms with van der Waals surface area (Å²) in [6.07, 6.45) is 7.40. The third-order valence-electron chi connectivity index (χ3n) is 7.08. The molecule has 1 saturated heterocycles. The van der Waals surface area contributed by atoms with Crippen molar-refractivity contribution in [2.24, 2.45) is 12.5 Å². The topological polar surface area (TPSA) is 103 Å². The molecule has 4 heterocycles. The Morgan fingerprint density at radius 1 is 1.14 bits per heavy atom. The van der Waals surface area contributed by atoms with E-state index in [1.165, 1.54) is 44.7 Å². The van der Waals surface area contributed by atoms with Gasteiger partial charge >= 0.3 is 0 Å². The van der Waals surface area contributed by atoms with E-state index in [2.05, 4.69) is 15.2 Å². The molecule has 1 aliphatic heterocycles. The van der Waals surface area contributed by atoms with Crippen molar-refractivity contribution in [3.63, 3.8) is 0 Å². The van der Waals surface area contributed by atoms with E-state index in [-0.39, 0.29) is 36.1 Å². The van der Waals surface area contributed by atoms with Gasteiger partial charge < -0.3 is 0 Å². The summed E-state index contributed by atoms with van der Waals surface area (Å²) in [6, 6.07) is 7.51. The fourth-order valence-corrected chi connectivity index (χ4v) is 7.62. The van der Waals surface area contributed by atoms with Crippen molar-refractivity contribution in [3.05, 3.63) is 81.5 Å². The largest absolute Gasteiger partial charge is 0.290 e. The van der Waals surface area contributed by atoms with Gasteiger partial charge in [0.25, 0.3) is 10.0 Å². The number of nitrogens with zero attached hydrogens (tertiary/aromatic N) is 6. The second-order valence-electron chi connectivity index (χ2n) is 9.36. The Hall–Kier alpha value is -3.48. The van der Waals surface area contributed by atoms with E-state index in [9.17, 15) is 17.6 Å². The number of halogens is 1. The van der Waals surface area contributed by atoms with Crippen LogP contribution in [0.5, 0.6) is 0 Å². The Balaban J connectivity index is 1.46. The molecule has 3 aromatic heterocycles. The molecule has 0 unspecified atom stereocenters. The number of aryl methyl sites for hydroxylation is 2. The molecule has 0 bridgehead atoms. The van der Waals surface area contributed by atoms with Crippen LogP contribution in [0.1, 0.15) is 32.4 Å². The van der Waals surface area contributed by atoms with Gasteiger partial charge in [-0.2, -0.15) is 14.5 Å². The predicted octanol–water partition coefficient (Wildman–Crippen LogP) is 3.41. The molecule has 0 N–H and O–H groups in total. The number of Topliss-reactive ketones (excluding diaryl/α,β-unsaturated/α-hetero) is 1. The van der Waals surface area contributed by atoms with Crippen LogP contribution in [0.4, 0.5) is 4.39 Å². The molecule has 1 atom stereocenters. The first-order valence-corrected chi connectivity index (χ1v) is 13.9. The number of aromatic nitrogens is 5. The van der Waals surface area contributed by atoms with Crippen molar-refractivity contribution >= 4 is 33.2 Å². The van der Waals surface area contributed by atoms with Gasteiger partial charge in [0.1, 0.15) is 5.82 Å². The van der Waals surface area contributed by atoms with Gasteiger partial charge in [-0.15, -0.1) is 11.3 Å². The number of hydrogen-bond acceptors (Lipinski definition) is 7. The van der Waals surface area contributed by atoms with Crippen molar-refractivity contribution in [3.8, 4) is 5.69 Å². The van der Waals surface area contributed by atoms with E-state index in [1.54, 1.807) is 36.3 Å². The van der Waals surface area contributed by atoms with E-state index in [0.29, 0.717) is 17.1 Å². The smallest absolute Gasteiger partial charge is 0.260 e. The van der Waals surface area contributed by atoms with Crippen LogP contribution in [0.25, 0.3) is 11.8 Å². The molecular weight excluding hydrogens is 515 g/mol. The minimum atomic E-state index is -3.89. The van der Waals surface area contributed by atoms with Gasteiger partial charge in [0.2, 0.25) is 5.78 Å². The highest BCUT2D eigenvalue weighted by Gasteiger charge is 2.52. The van der Waals surface area contributed by atoms with Gasteiger partial charge in [-0.25, -0.2) is 22.5 Å². The quantitative estimate of drug-likeness (QED) is 0.361. The SMILES string of the molecule is Cc1cnc(C(=O)[C@]23Cc4cnn(-c5ccc(F)cc5)c4C=C2CCN(S(=O)(=O)c2ccnn2C)C3)s1. The summed E-state index contributed by atoms with van der Waals surface area (Å²) in [7, 11) is -2.31. The lowest BCUT2D eigenvalue weighted by Crippen LogP contribution is -2.53. The van der Waals surface area contributed by atoms with Gasteiger partial charge in [0.15, 0.2) is 10.0 Å². The van der Waals surface area contributed by atoms with Crippen LogP contribution < -0.4 is 0 Å². The van der Waals surface area contributed by atoms with Crippen LogP contribution in [-0.2, 0) is 23.5 Å². The number of benzene rings is 1. The van der Waals surface area contributed by atoms with Crippen LogP contribution in [-0.4, -0.2) is 56.1 Å². The average Bonchev–Trinajstić information content (AvgIpc) is 3.62. The number of sulfonamides is 1. The van der Waals surface area contributed by atoms with E-state index in [4.69, 9.17) is 0 Å². The van der Waals surface area contributed by atoms with Crippen LogP contribution in [0.2, 0.25) is 0 Å². The predicted molar refractivity (Wildman–Crippen MR) is 135 cm³/mol. The Bertz CT molecular complexity index is 1670. The molecule has 0 saturated carbocycles. The monoisotopic (exact) mass is 538 g/mol. The maximum absolute atomic E-state index is 14.1. The highest BCUT2D eigenvalue weighted by Crippen LogP contribution is 2.47. The first-order chi connectivity index (χ1) is 17.7. The van der Waals surface area contributed by atoms with E-state index in [1.807, 2.05) is 13.0 Å². The number of fused-ring (bicyclic) bond motifs is 2. The standard InChI is InChI=1S/C25H23FN6O3S2/c1-16-13-27-24(36-16)23(33)25-12-17-14-29-32(20-5-3-19(26)4-6-20)21(17)11-18(25)8-10-31(15-25)37(34,35)22-7-9-28-30(22)2/h3-7,9,11,13-14H,8,10,12,15H2,1-2H3/t25-/m0/s1. The molecule has 37 heavy (non-hydrogen) atoms. The Morgan fingerprint density at radius 3 is 2.59 bits per heavy atom. The molecule has 12 heteroatoms. The Kier molecular flexibility index (Phi) is 5.51. The van der Waals surface area contributed by atoms with Crippen LogP contribution >= 0.6 is 11.3 Å². The maximum Gasteiger partial charge on any atom is 0.260 e. The normalized spacial score (nSPS) is 19.8. The zero-order chi connectivity index (χ0) is 25.9. The summed E-state index contributed by atoms with van der Waals surface area (Å²) in [6.45, 7) is 2.10. The summed E-state index contributed by atoms with van der Waals surface area (Å²) >= 11 is 1.31. The number of piperidine rings is 1. The van der Waals surface area contributed by atoms with Crippen LogP contribution in [0, 0.1) is 18.2 Å². The average molecular weight is 539 g/mol. The number of thiazole rings is 1.